The highest BCUT2D eigenvalue weighted by molar-refractivity contribution is 7.98. The number of amides is 1. The number of ether oxygens (including phenoxy) is 2. The highest BCUT2D eigenvalue weighted by Gasteiger charge is 2.24. The number of carbonyl (C=O) groups is 3. The van der Waals surface area contributed by atoms with Gasteiger partial charge in [-0.05, 0) is 42.0 Å². The fourth-order valence-electron chi connectivity index (χ4n) is 2.97. The van der Waals surface area contributed by atoms with Crippen molar-refractivity contribution < 1.29 is 23.9 Å². The maximum atomic E-state index is 12.8. The second-order valence-electron chi connectivity index (χ2n) is 7.15. The first-order valence-electron chi connectivity index (χ1n) is 10.4. The SMILES string of the molecule is COc1ccc(C(=O)COC(=O)C(CSCc2ccccc2)NC(=O)c2ccccc2)cc1. The van der Waals surface area contributed by atoms with Gasteiger partial charge in [-0.2, -0.15) is 11.8 Å². The van der Waals surface area contributed by atoms with Crippen molar-refractivity contribution in [3.8, 4) is 5.75 Å². The normalized spacial score (nSPS) is 11.3. The molecule has 3 aromatic rings. The van der Waals surface area contributed by atoms with Crippen molar-refractivity contribution >= 4 is 29.4 Å². The van der Waals surface area contributed by atoms with E-state index < -0.39 is 18.6 Å². The summed E-state index contributed by atoms with van der Waals surface area (Å²) in [5.74, 6) is 0.249. The third kappa shape index (κ3) is 7.50. The molecule has 0 fully saturated rings. The molecule has 0 aromatic heterocycles. The van der Waals surface area contributed by atoms with Gasteiger partial charge < -0.3 is 14.8 Å². The van der Waals surface area contributed by atoms with Gasteiger partial charge in [0.2, 0.25) is 0 Å². The number of rotatable bonds is 11. The molecule has 0 saturated heterocycles. The van der Waals surface area contributed by atoms with Crippen LogP contribution in [-0.4, -0.2) is 43.2 Å². The zero-order valence-corrected chi connectivity index (χ0v) is 19.0. The molecule has 7 heteroatoms. The summed E-state index contributed by atoms with van der Waals surface area (Å²) in [7, 11) is 1.54. The zero-order valence-electron chi connectivity index (χ0n) is 18.2. The van der Waals surface area contributed by atoms with Crippen LogP contribution in [0, 0.1) is 0 Å². The number of ketones is 1. The van der Waals surface area contributed by atoms with E-state index in [1.165, 1.54) is 18.9 Å². The number of thioether (sulfide) groups is 1. The van der Waals surface area contributed by atoms with E-state index in [1.807, 2.05) is 36.4 Å². The fourth-order valence-corrected chi connectivity index (χ4v) is 3.97. The summed E-state index contributed by atoms with van der Waals surface area (Å²) in [5, 5.41) is 2.74. The molecule has 0 spiro atoms. The Hall–Kier alpha value is -3.58. The molecule has 1 unspecified atom stereocenters. The number of nitrogens with one attached hydrogen (secondary N) is 1. The van der Waals surface area contributed by atoms with Gasteiger partial charge in [0.15, 0.2) is 12.4 Å². The summed E-state index contributed by atoms with van der Waals surface area (Å²) >= 11 is 1.50. The molecule has 1 atom stereocenters. The summed E-state index contributed by atoms with van der Waals surface area (Å²) in [5.41, 5.74) is 1.96. The first-order chi connectivity index (χ1) is 16.1. The van der Waals surface area contributed by atoms with Gasteiger partial charge >= 0.3 is 5.97 Å². The van der Waals surface area contributed by atoms with E-state index in [1.54, 1.807) is 48.5 Å². The van der Waals surface area contributed by atoms with Crippen LogP contribution in [0.5, 0.6) is 5.75 Å². The van der Waals surface area contributed by atoms with E-state index >= 15 is 0 Å². The first kappa shape index (κ1) is 24.1. The van der Waals surface area contributed by atoms with Crippen molar-refractivity contribution in [1.82, 2.24) is 5.32 Å². The summed E-state index contributed by atoms with van der Waals surface area (Å²) < 4.78 is 10.4. The average Bonchev–Trinajstić information content (AvgIpc) is 2.87. The molecule has 0 bridgehead atoms. The van der Waals surface area contributed by atoms with Gasteiger partial charge in [0.1, 0.15) is 11.8 Å². The van der Waals surface area contributed by atoms with Crippen LogP contribution in [0.25, 0.3) is 0 Å². The van der Waals surface area contributed by atoms with Crippen molar-refractivity contribution in [2.75, 3.05) is 19.5 Å². The molecule has 3 aromatic carbocycles. The van der Waals surface area contributed by atoms with Crippen LogP contribution in [0.3, 0.4) is 0 Å². The monoisotopic (exact) mass is 463 g/mol. The van der Waals surface area contributed by atoms with Crippen LogP contribution in [0.15, 0.2) is 84.9 Å². The van der Waals surface area contributed by atoms with Crippen LogP contribution in [0.4, 0.5) is 0 Å². The van der Waals surface area contributed by atoms with Crippen LogP contribution in [-0.2, 0) is 15.3 Å². The standard InChI is InChI=1S/C26H25NO5S/c1-31-22-14-12-20(13-15-22)24(28)16-32-26(30)23(18-33-17-19-8-4-2-5-9-19)27-25(29)21-10-6-3-7-11-21/h2-15,23H,16-18H2,1H3,(H,27,29). The molecule has 0 heterocycles. The third-order valence-electron chi connectivity index (χ3n) is 4.78. The molecule has 170 valence electrons. The molecule has 0 aliphatic heterocycles. The van der Waals surface area contributed by atoms with Crippen LogP contribution < -0.4 is 10.1 Å². The molecule has 0 aliphatic carbocycles. The van der Waals surface area contributed by atoms with Crippen molar-refractivity contribution in [3.05, 3.63) is 102 Å². The predicted octanol–water partition coefficient (Wildman–Crippen LogP) is 4.15. The molecule has 1 amide bonds. The van der Waals surface area contributed by atoms with Gasteiger partial charge in [0, 0.05) is 22.6 Å². The number of methoxy groups -OCH3 is 1. The Balaban J connectivity index is 1.61. The Bertz CT molecular complexity index is 1060. The smallest absolute Gasteiger partial charge is 0.329 e. The minimum absolute atomic E-state index is 0.309. The summed E-state index contributed by atoms with van der Waals surface area (Å²) in [6.07, 6.45) is 0. The molecule has 0 saturated carbocycles. The Kier molecular flexibility index (Phi) is 9.08. The van der Waals surface area contributed by atoms with Crippen molar-refractivity contribution in [2.24, 2.45) is 0 Å². The van der Waals surface area contributed by atoms with Gasteiger partial charge in [0.25, 0.3) is 5.91 Å². The van der Waals surface area contributed by atoms with E-state index in [0.29, 0.717) is 28.4 Å². The number of benzene rings is 3. The second kappa shape index (κ2) is 12.5. The lowest BCUT2D eigenvalue weighted by atomic mass is 10.1. The van der Waals surface area contributed by atoms with Crippen molar-refractivity contribution in [1.29, 1.82) is 0 Å². The van der Waals surface area contributed by atoms with Gasteiger partial charge in [0.05, 0.1) is 7.11 Å². The maximum absolute atomic E-state index is 12.8. The number of hydrogen-bond donors (Lipinski definition) is 1. The van der Waals surface area contributed by atoms with Gasteiger partial charge in [-0.3, -0.25) is 9.59 Å². The molecule has 33 heavy (non-hydrogen) atoms. The van der Waals surface area contributed by atoms with Crippen LogP contribution in [0.2, 0.25) is 0 Å². The average molecular weight is 464 g/mol. The van der Waals surface area contributed by atoms with Gasteiger partial charge in [-0.25, -0.2) is 4.79 Å². The molecular weight excluding hydrogens is 438 g/mol. The minimum Gasteiger partial charge on any atom is -0.497 e. The third-order valence-corrected chi connectivity index (χ3v) is 5.89. The molecular formula is C26H25NO5S. The molecule has 6 nitrogen and oxygen atoms in total. The lowest BCUT2D eigenvalue weighted by Crippen LogP contribution is -2.44. The van der Waals surface area contributed by atoms with Gasteiger partial charge in [-0.1, -0.05) is 48.5 Å². The predicted molar refractivity (Wildman–Crippen MR) is 129 cm³/mol. The summed E-state index contributed by atoms with van der Waals surface area (Å²) in [6.45, 7) is -0.410. The maximum Gasteiger partial charge on any atom is 0.329 e. The number of Topliss-reactive ketones (excluding diaryl/α,β-unsaturated/α-hetero) is 1. The topological polar surface area (TPSA) is 81.7 Å². The summed E-state index contributed by atoms with van der Waals surface area (Å²) in [6, 6.07) is 24.1. The van der Waals surface area contributed by atoms with Crippen molar-refractivity contribution in [2.45, 2.75) is 11.8 Å². The van der Waals surface area contributed by atoms with Crippen LogP contribution >= 0.6 is 11.8 Å². The Labute approximate surface area is 197 Å². The van der Waals surface area contributed by atoms with Gasteiger partial charge in [-0.15, -0.1) is 0 Å². The van der Waals surface area contributed by atoms with E-state index in [2.05, 4.69) is 5.32 Å². The fraction of sp³-hybridized carbons (Fsp3) is 0.192. The van der Waals surface area contributed by atoms with E-state index in [0.717, 1.165) is 5.56 Å². The lowest BCUT2D eigenvalue weighted by molar-refractivity contribution is -0.144. The molecule has 0 radical (unpaired) electrons. The number of carbonyl (C=O) groups excluding carboxylic acids is 3. The zero-order chi connectivity index (χ0) is 23.5. The van der Waals surface area contributed by atoms with E-state index in [9.17, 15) is 14.4 Å². The molecule has 1 N–H and O–H groups in total. The highest BCUT2D eigenvalue weighted by Crippen LogP contribution is 2.15. The Morgan fingerprint density at radius 1 is 0.848 bits per heavy atom. The highest BCUT2D eigenvalue weighted by atomic mass is 32.2. The van der Waals surface area contributed by atoms with Crippen LogP contribution in [0.1, 0.15) is 26.3 Å². The second-order valence-corrected chi connectivity index (χ2v) is 8.18. The number of esters is 1. The minimum atomic E-state index is -0.893. The number of hydrogen-bond acceptors (Lipinski definition) is 6. The largest absolute Gasteiger partial charge is 0.497 e. The first-order valence-corrected chi connectivity index (χ1v) is 11.5. The van der Waals surface area contributed by atoms with Crippen molar-refractivity contribution in [3.63, 3.8) is 0 Å². The molecule has 3 rings (SSSR count). The lowest BCUT2D eigenvalue weighted by Gasteiger charge is -2.17. The van der Waals surface area contributed by atoms with E-state index in [-0.39, 0.29) is 11.7 Å². The summed E-state index contributed by atoms with van der Waals surface area (Å²) in [4.78, 5) is 37.8. The van der Waals surface area contributed by atoms with E-state index in [4.69, 9.17) is 9.47 Å². The Morgan fingerprint density at radius 3 is 2.12 bits per heavy atom. The molecule has 0 aliphatic rings. The quantitative estimate of drug-likeness (QED) is 0.340. The Morgan fingerprint density at radius 2 is 1.48 bits per heavy atom.